The van der Waals surface area contributed by atoms with Gasteiger partial charge in [0.15, 0.2) is 5.78 Å². The maximum absolute atomic E-state index is 14.5. The third-order valence-electron chi connectivity index (χ3n) is 15.4. The molecule has 1 unspecified atom stereocenters. The fraction of sp³-hybridized carbons (Fsp3) is 0.768. The van der Waals surface area contributed by atoms with Crippen molar-refractivity contribution in [1.29, 1.82) is 0 Å². The zero-order chi connectivity index (χ0) is 53.1. The molecule has 16 heteroatoms. The van der Waals surface area contributed by atoms with Gasteiger partial charge in [-0.2, -0.15) is 0 Å². The Morgan fingerprint density at radius 3 is 2.24 bits per heavy atom. The third kappa shape index (κ3) is 17.3. The monoisotopic (exact) mass is 1020 g/mol. The number of carbonyl (C=O) groups excluding carboxylic acids is 5. The highest BCUT2D eigenvalue weighted by Gasteiger charge is 2.53. The van der Waals surface area contributed by atoms with E-state index < -0.39 is 77.8 Å². The summed E-state index contributed by atoms with van der Waals surface area (Å²) in [6.45, 7) is 14.7. The number of cyclic esters (lactones) is 1. The van der Waals surface area contributed by atoms with Gasteiger partial charge in [0.25, 0.3) is 11.7 Å². The lowest BCUT2D eigenvalue weighted by Crippen LogP contribution is -2.61. The van der Waals surface area contributed by atoms with Gasteiger partial charge in [0, 0.05) is 65.6 Å². The second-order valence-electron chi connectivity index (χ2n) is 21.0. The lowest BCUT2D eigenvalue weighted by molar-refractivity contribution is -0.265. The predicted octanol–water partition coefficient (Wildman–Crippen LogP) is 6.87. The first-order valence-corrected chi connectivity index (χ1v) is 26.5. The maximum Gasteiger partial charge on any atom is 0.329 e. The average Bonchev–Trinajstić information content (AvgIpc) is 3.36. The Labute approximate surface area is 429 Å². The van der Waals surface area contributed by atoms with Crippen LogP contribution in [0.1, 0.15) is 126 Å². The molecule has 408 valence electrons. The van der Waals surface area contributed by atoms with Crippen molar-refractivity contribution in [2.45, 2.75) is 180 Å². The quantitative estimate of drug-likeness (QED) is 0.0837. The molecule has 3 fully saturated rings. The Hall–Kier alpha value is -3.45. The Balaban J connectivity index is 1.66. The van der Waals surface area contributed by atoms with Crippen LogP contribution >= 0.6 is 0 Å². The summed E-state index contributed by atoms with van der Waals surface area (Å²) in [7, 11) is 6.25. The van der Waals surface area contributed by atoms with E-state index in [9.17, 15) is 34.2 Å². The molecule has 2 N–H and O–H groups in total. The molecule has 0 radical (unpaired) electrons. The van der Waals surface area contributed by atoms with Crippen LogP contribution in [0.3, 0.4) is 0 Å². The van der Waals surface area contributed by atoms with Crippen LogP contribution in [0.25, 0.3) is 0 Å². The smallest absolute Gasteiger partial charge is 0.329 e. The number of Topliss-reactive ketones (excluding diaryl/α,β-unsaturated/α-hetero) is 3. The molecule has 16 nitrogen and oxygen atoms in total. The summed E-state index contributed by atoms with van der Waals surface area (Å²) in [6.07, 6.45) is 12.2. The van der Waals surface area contributed by atoms with Crippen molar-refractivity contribution in [3.8, 4) is 0 Å². The molecule has 2 saturated heterocycles. The van der Waals surface area contributed by atoms with E-state index in [4.69, 9.17) is 37.9 Å². The van der Waals surface area contributed by atoms with Crippen molar-refractivity contribution in [3.63, 3.8) is 0 Å². The maximum atomic E-state index is 14.5. The zero-order valence-corrected chi connectivity index (χ0v) is 45.2. The van der Waals surface area contributed by atoms with Gasteiger partial charge in [-0.3, -0.25) is 19.2 Å². The van der Waals surface area contributed by atoms with E-state index in [0.717, 1.165) is 18.4 Å². The molecule has 15 atom stereocenters. The minimum absolute atomic E-state index is 0.0159. The SMILES string of the molecule is COCCOCCO[C@@H]1CC[C@@H](C[C@@H](C)[C@@H]2CC(=O)[C@H](C)/C=C(\C)[C@@H](O)[C@@H](OC)C(=O)[C@H](C)C[C@H](C)/C=C/C=C/C=C(\C)[C@@H](OC)C[C@@H]3CC[C@@H](C)[C@@](O)(O3)C(=O)C(=O)N3CCCCC3C(=O)O2)C[C@H]1OC. The van der Waals surface area contributed by atoms with Crippen molar-refractivity contribution in [1.82, 2.24) is 4.90 Å². The van der Waals surface area contributed by atoms with Crippen LogP contribution in [0.5, 0.6) is 0 Å². The molecule has 4 aliphatic rings. The standard InChI is InChI=1S/C56H89NO15/c1-35-17-13-12-14-18-36(2)47(66-9)33-43-22-20-41(7)56(64,72-43)53(61)54(62)57-24-16-15-19-44(57)55(63)71-48(34-45(58)37(3)30-40(6)51(60)52(68-11)50(59)39(5)29-35)38(4)31-42-21-23-46(49(32-42)67-10)70-28-27-69-26-25-65-8/h12-14,17-18,30,35,37-39,41-44,46-49,51-52,60,64H,15-16,19-29,31-34H2,1-11H3/b14-12+,17-13+,36-18+,40-30+/t35-,37-,38-,39-,41-,42+,43+,44?,46-,47+,48+,49-,51-,52+,56-/m1/s1. The van der Waals surface area contributed by atoms with Crippen molar-refractivity contribution in [2.24, 2.45) is 35.5 Å². The first kappa shape index (κ1) is 61.1. The van der Waals surface area contributed by atoms with E-state index >= 15 is 0 Å². The van der Waals surface area contributed by atoms with Crippen LogP contribution in [-0.2, 0) is 61.9 Å². The number of ether oxygens (including phenoxy) is 8. The molecular formula is C56H89NO15. The van der Waals surface area contributed by atoms with E-state index in [1.165, 1.54) is 12.0 Å². The third-order valence-corrected chi connectivity index (χ3v) is 15.4. The van der Waals surface area contributed by atoms with Crippen LogP contribution in [0, 0.1) is 35.5 Å². The summed E-state index contributed by atoms with van der Waals surface area (Å²) in [5.41, 5.74) is 1.27. The minimum Gasteiger partial charge on any atom is -0.460 e. The Morgan fingerprint density at radius 2 is 1.54 bits per heavy atom. The number of hydrogen-bond donors (Lipinski definition) is 2. The summed E-state index contributed by atoms with van der Waals surface area (Å²) >= 11 is 0. The fourth-order valence-corrected chi connectivity index (χ4v) is 10.8. The molecule has 4 rings (SSSR count). The number of nitrogens with zero attached hydrogens (tertiary/aromatic N) is 1. The van der Waals surface area contributed by atoms with Crippen molar-refractivity contribution >= 4 is 29.2 Å². The number of carbonyl (C=O) groups is 5. The van der Waals surface area contributed by atoms with Crippen molar-refractivity contribution in [2.75, 3.05) is 61.4 Å². The summed E-state index contributed by atoms with van der Waals surface area (Å²) in [6, 6.07) is -1.14. The van der Waals surface area contributed by atoms with Crippen LogP contribution < -0.4 is 0 Å². The van der Waals surface area contributed by atoms with Gasteiger partial charge in [0.1, 0.15) is 30.1 Å². The van der Waals surface area contributed by atoms with Crippen LogP contribution in [0.4, 0.5) is 0 Å². The molecule has 3 aliphatic heterocycles. The summed E-state index contributed by atoms with van der Waals surface area (Å²) in [5, 5.41) is 23.5. The minimum atomic E-state index is -2.43. The largest absolute Gasteiger partial charge is 0.460 e. The highest BCUT2D eigenvalue weighted by molar-refractivity contribution is 6.39. The number of aliphatic hydroxyl groups excluding tert-OH is 1. The van der Waals surface area contributed by atoms with Crippen molar-refractivity contribution < 1.29 is 72.1 Å². The molecule has 0 aromatic rings. The molecule has 72 heavy (non-hydrogen) atoms. The molecule has 1 amide bonds. The van der Waals surface area contributed by atoms with Gasteiger partial charge in [-0.25, -0.2) is 4.79 Å². The first-order chi connectivity index (χ1) is 34.3. The highest BCUT2D eigenvalue weighted by atomic mass is 16.6. The summed E-state index contributed by atoms with van der Waals surface area (Å²) < 4.78 is 46.7. The van der Waals surface area contributed by atoms with Crippen molar-refractivity contribution in [3.05, 3.63) is 47.6 Å². The number of methoxy groups -OCH3 is 4. The Bertz CT molecular complexity index is 1880. The predicted molar refractivity (Wildman–Crippen MR) is 272 cm³/mol. The molecule has 2 bridgehead atoms. The Morgan fingerprint density at radius 1 is 0.806 bits per heavy atom. The number of allylic oxidation sites excluding steroid dienone is 6. The zero-order valence-electron chi connectivity index (χ0n) is 45.2. The second kappa shape index (κ2) is 30.2. The van der Waals surface area contributed by atoms with Gasteiger partial charge in [-0.1, -0.05) is 71.1 Å². The number of rotatable bonds is 13. The van der Waals surface area contributed by atoms with E-state index in [-0.39, 0.29) is 60.9 Å². The topological polar surface area (TPSA) is 203 Å². The van der Waals surface area contributed by atoms with Gasteiger partial charge >= 0.3 is 5.97 Å². The average molecular weight is 1020 g/mol. The van der Waals surface area contributed by atoms with Crippen LogP contribution in [0.15, 0.2) is 47.6 Å². The molecule has 1 aliphatic carbocycles. The van der Waals surface area contributed by atoms with E-state index in [1.54, 1.807) is 48.2 Å². The van der Waals surface area contributed by atoms with E-state index in [0.29, 0.717) is 83.4 Å². The lowest BCUT2D eigenvalue weighted by Gasteiger charge is -2.42. The number of amides is 1. The highest BCUT2D eigenvalue weighted by Crippen LogP contribution is 2.38. The molecule has 0 spiro atoms. The number of piperidine rings is 1. The molecule has 3 heterocycles. The van der Waals surface area contributed by atoms with Gasteiger partial charge in [-0.05, 0) is 107 Å². The van der Waals surface area contributed by atoms with Crippen LogP contribution in [0.2, 0.25) is 0 Å². The summed E-state index contributed by atoms with van der Waals surface area (Å²) in [5.74, 6) is -7.91. The molecule has 0 aromatic carbocycles. The second-order valence-corrected chi connectivity index (χ2v) is 21.0. The van der Waals surface area contributed by atoms with Gasteiger partial charge in [-0.15, -0.1) is 0 Å². The normalized spacial score (nSPS) is 37.7. The lowest BCUT2D eigenvalue weighted by atomic mass is 9.78. The summed E-state index contributed by atoms with van der Waals surface area (Å²) in [4.78, 5) is 72.5. The number of fused-ring (bicyclic) bond motifs is 3. The van der Waals surface area contributed by atoms with Gasteiger partial charge in [0.05, 0.1) is 50.8 Å². The molecule has 1 saturated carbocycles. The fourth-order valence-electron chi connectivity index (χ4n) is 10.8. The first-order valence-electron chi connectivity index (χ1n) is 26.5. The van der Waals surface area contributed by atoms with Crippen LogP contribution in [-0.4, -0.2) is 160 Å². The van der Waals surface area contributed by atoms with E-state index in [2.05, 4.69) is 0 Å². The molecule has 0 aromatic heterocycles. The Kier molecular flexibility index (Phi) is 25.6. The molecular weight excluding hydrogens is 927 g/mol. The van der Waals surface area contributed by atoms with Gasteiger partial charge < -0.3 is 53.0 Å². The number of ketones is 3. The number of esters is 1. The van der Waals surface area contributed by atoms with Gasteiger partial charge in [0.2, 0.25) is 5.79 Å². The number of hydrogen-bond acceptors (Lipinski definition) is 15. The van der Waals surface area contributed by atoms with E-state index in [1.807, 2.05) is 58.1 Å². The number of aliphatic hydroxyl groups is 2.